The number of carboxylic acids is 1. The Morgan fingerprint density at radius 1 is 1.45 bits per heavy atom. The topological polar surface area (TPSA) is 102 Å². The van der Waals surface area contributed by atoms with Crippen LogP contribution in [-0.2, 0) is 4.79 Å². The summed E-state index contributed by atoms with van der Waals surface area (Å²) in [5.74, 6) is -0.949. The zero-order valence-electron chi connectivity index (χ0n) is 11.2. The van der Waals surface area contributed by atoms with Crippen LogP contribution in [-0.4, -0.2) is 23.1 Å². The SMILES string of the molecule is CCCC(CC(=O)O)NC(=O)Nc1cccc(C#N)c1. The molecular weight excluding hydrogens is 258 g/mol. The van der Waals surface area contributed by atoms with Gasteiger partial charge in [-0.15, -0.1) is 0 Å². The number of hydrogen-bond donors (Lipinski definition) is 3. The van der Waals surface area contributed by atoms with E-state index in [0.717, 1.165) is 6.42 Å². The van der Waals surface area contributed by atoms with Crippen molar-refractivity contribution in [2.45, 2.75) is 32.2 Å². The van der Waals surface area contributed by atoms with Crippen LogP contribution in [0.1, 0.15) is 31.7 Å². The van der Waals surface area contributed by atoms with Gasteiger partial charge in [0.25, 0.3) is 0 Å². The van der Waals surface area contributed by atoms with Crippen molar-refractivity contribution in [3.63, 3.8) is 0 Å². The summed E-state index contributed by atoms with van der Waals surface area (Å²) in [6.07, 6.45) is 1.26. The number of nitriles is 1. The molecular formula is C14H17N3O3. The molecule has 0 radical (unpaired) electrons. The second kappa shape index (κ2) is 7.79. The van der Waals surface area contributed by atoms with E-state index in [0.29, 0.717) is 17.7 Å². The van der Waals surface area contributed by atoms with E-state index in [1.807, 2.05) is 13.0 Å². The molecule has 1 rings (SSSR count). The maximum absolute atomic E-state index is 11.8. The summed E-state index contributed by atoms with van der Waals surface area (Å²) >= 11 is 0. The van der Waals surface area contributed by atoms with Crippen LogP contribution in [0.4, 0.5) is 10.5 Å². The molecule has 1 unspecified atom stereocenters. The number of urea groups is 1. The quantitative estimate of drug-likeness (QED) is 0.741. The predicted octanol–water partition coefficient (Wildman–Crippen LogP) is 2.32. The Kier molecular flexibility index (Phi) is 6.04. The van der Waals surface area contributed by atoms with Gasteiger partial charge in [-0.1, -0.05) is 19.4 Å². The molecule has 0 saturated carbocycles. The summed E-state index contributed by atoms with van der Waals surface area (Å²) in [4.78, 5) is 22.5. The maximum Gasteiger partial charge on any atom is 0.319 e. The van der Waals surface area contributed by atoms with E-state index in [2.05, 4.69) is 10.6 Å². The molecule has 0 aliphatic carbocycles. The van der Waals surface area contributed by atoms with Gasteiger partial charge in [0.15, 0.2) is 0 Å². The van der Waals surface area contributed by atoms with Crippen LogP contribution < -0.4 is 10.6 Å². The molecule has 1 atom stereocenters. The number of nitrogens with one attached hydrogen (secondary N) is 2. The van der Waals surface area contributed by atoms with Gasteiger partial charge in [-0.3, -0.25) is 4.79 Å². The van der Waals surface area contributed by atoms with Crippen molar-refractivity contribution < 1.29 is 14.7 Å². The first-order valence-electron chi connectivity index (χ1n) is 6.34. The number of carbonyl (C=O) groups is 2. The lowest BCUT2D eigenvalue weighted by Crippen LogP contribution is -2.39. The average Bonchev–Trinajstić information content (AvgIpc) is 2.38. The average molecular weight is 275 g/mol. The summed E-state index contributed by atoms with van der Waals surface area (Å²) in [7, 11) is 0. The first kappa shape index (κ1) is 15.5. The normalized spacial score (nSPS) is 11.2. The van der Waals surface area contributed by atoms with Crippen molar-refractivity contribution in [3.05, 3.63) is 29.8 Å². The van der Waals surface area contributed by atoms with Crippen LogP contribution in [0.15, 0.2) is 24.3 Å². The van der Waals surface area contributed by atoms with Gasteiger partial charge in [-0.2, -0.15) is 5.26 Å². The molecule has 0 aromatic heterocycles. The Morgan fingerprint density at radius 3 is 2.80 bits per heavy atom. The lowest BCUT2D eigenvalue weighted by Gasteiger charge is -2.16. The van der Waals surface area contributed by atoms with Crippen LogP contribution in [0, 0.1) is 11.3 Å². The summed E-state index contributed by atoms with van der Waals surface area (Å²) in [5, 5.41) is 22.7. The third-order valence-corrected chi connectivity index (χ3v) is 2.64. The molecule has 6 nitrogen and oxygen atoms in total. The smallest absolute Gasteiger partial charge is 0.319 e. The Morgan fingerprint density at radius 2 is 2.20 bits per heavy atom. The van der Waals surface area contributed by atoms with Crippen molar-refractivity contribution >= 4 is 17.7 Å². The number of aliphatic carboxylic acids is 1. The minimum atomic E-state index is -0.949. The van der Waals surface area contributed by atoms with Gasteiger partial charge in [-0.05, 0) is 24.6 Å². The lowest BCUT2D eigenvalue weighted by molar-refractivity contribution is -0.137. The van der Waals surface area contributed by atoms with Crippen LogP contribution >= 0.6 is 0 Å². The second-order valence-electron chi connectivity index (χ2n) is 4.37. The summed E-state index contributed by atoms with van der Waals surface area (Å²) in [6, 6.07) is 7.60. The van der Waals surface area contributed by atoms with Crippen molar-refractivity contribution in [2.24, 2.45) is 0 Å². The first-order valence-corrected chi connectivity index (χ1v) is 6.34. The maximum atomic E-state index is 11.8. The van der Waals surface area contributed by atoms with Gasteiger partial charge < -0.3 is 15.7 Å². The van der Waals surface area contributed by atoms with Gasteiger partial charge in [0.05, 0.1) is 18.1 Å². The van der Waals surface area contributed by atoms with Crippen LogP contribution in [0.25, 0.3) is 0 Å². The number of carbonyl (C=O) groups excluding carboxylic acids is 1. The monoisotopic (exact) mass is 275 g/mol. The molecule has 0 aliphatic heterocycles. The highest BCUT2D eigenvalue weighted by Crippen LogP contribution is 2.10. The summed E-state index contributed by atoms with van der Waals surface area (Å²) in [6.45, 7) is 1.92. The largest absolute Gasteiger partial charge is 0.481 e. The van der Waals surface area contributed by atoms with Crippen LogP contribution in [0.3, 0.4) is 0 Å². The molecule has 2 amide bonds. The molecule has 0 spiro atoms. The van der Waals surface area contributed by atoms with Crippen LogP contribution in [0.2, 0.25) is 0 Å². The minimum Gasteiger partial charge on any atom is -0.481 e. The van der Waals surface area contributed by atoms with E-state index >= 15 is 0 Å². The molecule has 1 aromatic carbocycles. The molecule has 3 N–H and O–H groups in total. The van der Waals surface area contributed by atoms with E-state index in [1.54, 1.807) is 24.3 Å². The highest BCUT2D eigenvalue weighted by molar-refractivity contribution is 5.89. The first-order chi connectivity index (χ1) is 9.55. The molecule has 0 saturated heterocycles. The number of rotatable bonds is 6. The molecule has 0 aliphatic rings. The number of benzene rings is 1. The molecule has 106 valence electrons. The Balaban J connectivity index is 2.60. The highest BCUT2D eigenvalue weighted by Gasteiger charge is 2.15. The molecule has 20 heavy (non-hydrogen) atoms. The third kappa shape index (κ3) is 5.40. The molecule has 1 aromatic rings. The zero-order chi connectivity index (χ0) is 15.0. The van der Waals surface area contributed by atoms with E-state index in [4.69, 9.17) is 10.4 Å². The standard InChI is InChI=1S/C14H17N3O3/c1-2-4-11(8-13(18)19)16-14(20)17-12-6-3-5-10(7-12)9-15/h3,5-7,11H,2,4,8H2,1H3,(H,18,19)(H2,16,17,20). The zero-order valence-corrected chi connectivity index (χ0v) is 11.2. The summed E-state index contributed by atoms with van der Waals surface area (Å²) in [5.41, 5.74) is 0.936. The molecule has 0 bridgehead atoms. The Bertz CT molecular complexity index is 523. The number of hydrogen-bond acceptors (Lipinski definition) is 3. The fraction of sp³-hybridized carbons (Fsp3) is 0.357. The Hall–Kier alpha value is -2.55. The molecule has 0 fully saturated rings. The second-order valence-corrected chi connectivity index (χ2v) is 4.37. The predicted molar refractivity (Wildman–Crippen MR) is 74.3 cm³/mol. The van der Waals surface area contributed by atoms with Crippen molar-refractivity contribution in [1.82, 2.24) is 5.32 Å². The van der Waals surface area contributed by atoms with Crippen molar-refractivity contribution in [3.8, 4) is 6.07 Å². The van der Waals surface area contributed by atoms with Gasteiger partial charge in [0.1, 0.15) is 0 Å². The minimum absolute atomic E-state index is 0.112. The molecule has 0 heterocycles. The van der Waals surface area contributed by atoms with Crippen molar-refractivity contribution in [2.75, 3.05) is 5.32 Å². The fourth-order valence-electron chi connectivity index (χ4n) is 1.80. The van der Waals surface area contributed by atoms with Crippen molar-refractivity contribution in [1.29, 1.82) is 5.26 Å². The van der Waals surface area contributed by atoms with E-state index in [-0.39, 0.29) is 6.42 Å². The number of amides is 2. The lowest BCUT2D eigenvalue weighted by atomic mass is 10.1. The highest BCUT2D eigenvalue weighted by atomic mass is 16.4. The van der Waals surface area contributed by atoms with E-state index in [1.165, 1.54) is 0 Å². The van der Waals surface area contributed by atoms with E-state index < -0.39 is 18.0 Å². The van der Waals surface area contributed by atoms with Crippen LogP contribution in [0.5, 0.6) is 0 Å². The summed E-state index contributed by atoms with van der Waals surface area (Å²) < 4.78 is 0. The van der Waals surface area contributed by atoms with Gasteiger partial charge >= 0.3 is 12.0 Å². The fourth-order valence-corrected chi connectivity index (χ4v) is 1.80. The number of anilines is 1. The van der Waals surface area contributed by atoms with E-state index in [9.17, 15) is 9.59 Å². The Labute approximate surface area is 117 Å². The molecule has 6 heteroatoms. The number of nitrogens with zero attached hydrogens (tertiary/aromatic N) is 1. The van der Waals surface area contributed by atoms with Gasteiger partial charge in [0, 0.05) is 11.7 Å². The van der Waals surface area contributed by atoms with Gasteiger partial charge in [0.2, 0.25) is 0 Å². The number of carboxylic acid groups (broad SMARTS) is 1. The third-order valence-electron chi connectivity index (χ3n) is 2.64. The van der Waals surface area contributed by atoms with Gasteiger partial charge in [-0.25, -0.2) is 4.79 Å².